The van der Waals surface area contributed by atoms with Gasteiger partial charge in [-0.3, -0.25) is 0 Å². The van der Waals surface area contributed by atoms with E-state index < -0.39 is 0 Å². The predicted molar refractivity (Wildman–Crippen MR) is 114 cm³/mol. The van der Waals surface area contributed by atoms with Crippen LogP contribution in [0.1, 0.15) is 37.3 Å². The molecule has 1 aliphatic rings. The molecule has 3 rings (SSSR count). The third-order valence-electron chi connectivity index (χ3n) is 4.67. The summed E-state index contributed by atoms with van der Waals surface area (Å²) in [6, 6.07) is 21.4. The molecule has 0 bridgehead atoms. The van der Waals surface area contributed by atoms with Crippen LogP contribution in [0.3, 0.4) is 0 Å². The standard InChI is InChI=1S/C26H26/c1-4-21(16-15-20(2)3)24-17-25(22-11-7-5-8-12-22)19-26(18-24)23-13-9-6-10-14-23/h4-17,19,26H,1,18H2,2-3H3/b21-16+/t26-/m0/s1. The lowest BCUT2D eigenvalue weighted by molar-refractivity contribution is 0.826. The van der Waals surface area contributed by atoms with E-state index in [0.29, 0.717) is 5.92 Å². The minimum atomic E-state index is 0.376. The van der Waals surface area contributed by atoms with Gasteiger partial charge in [0.1, 0.15) is 0 Å². The van der Waals surface area contributed by atoms with E-state index in [1.807, 2.05) is 6.08 Å². The molecule has 0 aliphatic heterocycles. The zero-order valence-corrected chi connectivity index (χ0v) is 15.7. The molecular weight excluding hydrogens is 312 g/mol. The lowest BCUT2D eigenvalue weighted by Gasteiger charge is -2.23. The van der Waals surface area contributed by atoms with E-state index in [9.17, 15) is 0 Å². The van der Waals surface area contributed by atoms with Crippen LogP contribution >= 0.6 is 0 Å². The van der Waals surface area contributed by atoms with Crippen LogP contribution in [0.2, 0.25) is 0 Å². The predicted octanol–water partition coefficient (Wildman–Crippen LogP) is 7.26. The topological polar surface area (TPSA) is 0 Å². The van der Waals surface area contributed by atoms with E-state index in [4.69, 9.17) is 0 Å². The summed E-state index contributed by atoms with van der Waals surface area (Å²) in [4.78, 5) is 0. The zero-order valence-electron chi connectivity index (χ0n) is 15.7. The van der Waals surface area contributed by atoms with Gasteiger partial charge in [-0.25, -0.2) is 0 Å². The largest absolute Gasteiger partial charge is 0.0985 e. The van der Waals surface area contributed by atoms with Crippen molar-refractivity contribution in [1.82, 2.24) is 0 Å². The van der Waals surface area contributed by atoms with E-state index in [1.165, 1.54) is 33.4 Å². The van der Waals surface area contributed by atoms with Crippen LogP contribution in [0.15, 0.2) is 114 Å². The van der Waals surface area contributed by atoms with Gasteiger partial charge in [-0.1, -0.05) is 103 Å². The van der Waals surface area contributed by atoms with Crippen LogP contribution in [-0.4, -0.2) is 0 Å². The van der Waals surface area contributed by atoms with E-state index in [1.54, 1.807) is 0 Å². The highest BCUT2D eigenvalue weighted by atomic mass is 14.2. The van der Waals surface area contributed by atoms with Crippen LogP contribution in [-0.2, 0) is 0 Å². The SMILES string of the molecule is C=C/C(=C\C=C(C)C)C1=CC(c2ccccc2)=C[C@@H](c2ccccc2)C1. The smallest absolute Gasteiger partial charge is 0.00678 e. The lowest BCUT2D eigenvalue weighted by atomic mass is 9.81. The molecule has 0 fully saturated rings. The number of rotatable bonds is 5. The van der Waals surface area contributed by atoms with Gasteiger partial charge in [0.15, 0.2) is 0 Å². The summed E-state index contributed by atoms with van der Waals surface area (Å²) in [5.74, 6) is 0.376. The van der Waals surface area contributed by atoms with Crippen molar-refractivity contribution in [1.29, 1.82) is 0 Å². The average Bonchev–Trinajstić information content (AvgIpc) is 2.69. The molecule has 130 valence electrons. The first-order chi connectivity index (χ1) is 12.7. The Bertz CT molecular complexity index is 870. The van der Waals surface area contributed by atoms with Gasteiger partial charge in [-0.2, -0.15) is 0 Å². The molecule has 0 nitrogen and oxygen atoms in total. The molecule has 0 radical (unpaired) electrons. The summed E-state index contributed by atoms with van der Waals surface area (Å²) in [6.07, 6.45) is 12.0. The molecular formula is C26H26. The van der Waals surface area contributed by atoms with Crippen LogP contribution in [0, 0.1) is 0 Å². The monoisotopic (exact) mass is 338 g/mol. The molecule has 0 aromatic heterocycles. The quantitative estimate of drug-likeness (QED) is 0.503. The van der Waals surface area contributed by atoms with E-state index in [-0.39, 0.29) is 0 Å². The van der Waals surface area contributed by atoms with Crippen LogP contribution in [0.5, 0.6) is 0 Å². The molecule has 1 atom stereocenters. The molecule has 0 unspecified atom stereocenters. The molecule has 0 N–H and O–H groups in total. The first-order valence-electron chi connectivity index (χ1n) is 9.18. The molecule has 0 amide bonds. The second-order valence-corrected chi connectivity index (χ2v) is 6.95. The molecule has 0 heterocycles. The molecule has 0 heteroatoms. The Kier molecular flexibility index (Phi) is 5.86. The van der Waals surface area contributed by atoms with Crippen molar-refractivity contribution in [2.24, 2.45) is 0 Å². The average molecular weight is 338 g/mol. The Morgan fingerprint density at radius 2 is 1.58 bits per heavy atom. The first kappa shape index (κ1) is 17.9. The maximum Gasteiger partial charge on any atom is 0.00678 e. The van der Waals surface area contributed by atoms with Gasteiger partial charge in [0.05, 0.1) is 0 Å². The number of benzene rings is 2. The second-order valence-electron chi connectivity index (χ2n) is 6.95. The van der Waals surface area contributed by atoms with Crippen molar-refractivity contribution in [2.75, 3.05) is 0 Å². The molecule has 26 heavy (non-hydrogen) atoms. The third-order valence-corrected chi connectivity index (χ3v) is 4.67. The first-order valence-corrected chi connectivity index (χ1v) is 9.18. The van der Waals surface area contributed by atoms with E-state index >= 15 is 0 Å². The van der Waals surface area contributed by atoms with Crippen molar-refractivity contribution >= 4 is 5.57 Å². The van der Waals surface area contributed by atoms with Crippen molar-refractivity contribution in [2.45, 2.75) is 26.2 Å². The third kappa shape index (κ3) is 4.40. The maximum atomic E-state index is 4.05. The Morgan fingerprint density at radius 3 is 2.19 bits per heavy atom. The highest BCUT2D eigenvalue weighted by Gasteiger charge is 2.19. The van der Waals surface area contributed by atoms with Gasteiger partial charge < -0.3 is 0 Å². The number of hydrogen-bond acceptors (Lipinski definition) is 0. The van der Waals surface area contributed by atoms with Gasteiger partial charge in [0.25, 0.3) is 0 Å². The summed E-state index contributed by atoms with van der Waals surface area (Å²) < 4.78 is 0. The number of hydrogen-bond donors (Lipinski definition) is 0. The molecule has 0 saturated carbocycles. The van der Waals surface area contributed by atoms with Crippen molar-refractivity contribution in [3.05, 3.63) is 125 Å². The molecule has 0 saturated heterocycles. The van der Waals surface area contributed by atoms with Crippen LogP contribution in [0.25, 0.3) is 5.57 Å². The summed E-state index contributed by atoms with van der Waals surface area (Å²) in [5.41, 5.74) is 7.74. The second kappa shape index (κ2) is 8.49. The van der Waals surface area contributed by atoms with Crippen LogP contribution in [0.4, 0.5) is 0 Å². The molecule has 1 aliphatic carbocycles. The summed E-state index contributed by atoms with van der Waals surface area (Å²) >= 11 is 0. The Labute approximate surface area is 157 Å². The van der Waals surface area contributed by atoms with Crippen molar-refractivity contribution < 1.29 is 0 Å². The fourth-order valence-electron chi connectivity index (χ4n) is 3.30. The van der Waals surface area contributed by atoms with Gasteiger partial charge in [0.2, 0.25) is 0 Å². The minimum Gasteiger partial charge on any atom is -0.0985 e. The highest BCUT2D eigenvalue weighted by molar-refractivity contribution is 5.78. The Balaban J connectivity index is 2.05. The molecule has 0 spiro atoms. The maximum absolute atomic E-state index is 4.05. The van der Waals surface area contributed by atoms with E-state index in [0.717, 1.165) is 6.42 Å². The zero-order chi connectivity index (χ0) is 18.4. The summed E-state index contributed by atoms with van der Waals surface area (Å²) in [5, 5.41) is 0. The van der Waals surface area contributed by atoms with E-state index in [2.05, 4.69) is 105 Å². The van der Waals surface area contributed by atoms with Gasteiger partial charge in [-0.05, 0) is 48.1 Å². The fourth-order valence-corrected chi connectivity index (χ4v) is 3.30. The minimum absolute atomic E-state index is 0.376. The van der Waals surface area contributed by atoms with Gasteiger partial charge >= 0.3 is 0 Å². The van der Waals surface area contributed by atoms with Gasteiger partial charge in [0, 0.05) is 5.92 Å². The lowest BCUT2D eigenvalue weighted by Crippen LogP contribution is -2.05. The van der Waals surface area contributed by atoms with Crippen molar-refractivity contribution in [3.63, 3.8) is 0 Å². The summed E-state index contributed by atoms with van der Waals surface area (Å²) in [6.45, 7) is 8.29. The Hall–Kier alpha value is -2.86. The Morgan fingerprint density at radius 1 is 0.923 bits per heavy atom. The summed E-state index contributed by atoms with van der Waals surface area (Å²) in [7, 11) is 0. The van der Waals surface area contributed by atoms with Crippen molar-refractivity contribution in [3.8, 4) is 0 Å². The normalized spacial score (nSPS) is 17.2. The highest BCUT2D eigenvalue weighted by Crippen LogP contribution is 2.37. The molecule has 2 aromatic rings. The van der Waals surface area contributed by atoms with Crippen LogP contribution < -0.4 is 0 Å². The fraction of sp³-hybridized carbons (Fsp3) is 0.154. The number of allylic oxidation sites excluding steroid dienone is 9. The van der Waals surface area contributed by atoms with Gasteiger partial charge in [-0.15, -0.1) is 0 Å². The molecule has 2 aromatic carbocycles.